The SMILES string of the molecule is O=C(NCC1(c2ccc(F)cc2)CC1)c1cccc2ccccc12. The van der Waals surface area contributed by atoms with Crippen molar-refractivity contribution in [3.63, 3.8) is 0 Å². The topological polar surface area (TPSA) is 29.1 Å². The van der Waals surface area contributed by atoms with E-state index in [9.17, 15) is 9.18 Å². The lowest BCUT2D eigenvalue weighted by Crippen LogP contribution is -2.32. The van der Waals surface area contributed by atoms with Gasteiger partial charge >= 0.3 is 0 Å². The maximum Gasteiger partial charge on any atom is 0.251 e. The minimum atomic E-state index is -0.227. The van der Waals surface area contributed by atoms with Crippen molar-refractivity contribution >= 4 is 16.7 Å². The second-order valence-corrected chi connectivity index (χ2v) is 6.50. The van der Waals surface area contributed by atoms with E-state index in [0.717, 1.165) is 29.2 Å². The Morgan fingerprint density at radius 2 is 1.67 bits per heavy atom. The van der Waals surface area contributed by atoms with E-state index in [1.54, 1.807) is 0 Å². The van der Waals surface area contributed by atoms with E-state index in [0.29, 0.717) is 12.1 Å². The minimum absolute atomic E-state index is 0.0338. The molecule has 1 fully saturated rings. The van der Waals surface area contributed by atoms with Crippen molar-refractivity contribution in [3.8, 4) is 0 Å². The van der Waals surface area contributed by atoms with Crippen molar-refractivity contribution < 1.29 is 9.18 Å². The van der Waals surface area contributed by atoms with Gasteiger partial charge in [0.15, 0.2) is 0 Å². The molecule has 0 heterocycles. The maximum absolute atomic E-state index is 13.1. The average Bonchev–Trinajstić information content (AvgIpc) is 3.41. The van der Waals surface area contributed by atoms with Crippen molar-refractivity contribution in [2.75, 3.05) is 6.54 Å². The number of halogens is 1. The molecule has 24 heavy (non-hydrogen) atoms. The van der Waals surface area contributed by atoms with E-state index in [4.69, 9.17) is 0 Å². The molecule has 0 radical (unpaired) electrons. The van der Waals surface area contributed by atoms with Gasteiger partial charge in [-0.15, -0.1) is 0 Å². The number of amides is 1. The zero-order chi connectivity index (χ0) is 16.6. The number of nitrogens with one attached hydrogen (secondary N) is 1. The molecule has 3 aromatic rings. The van der Waals surface area contributed by atoms with Gasteiger partial charge in [-0.2, -0.15) is 0 Å². The molecule has 120 valence electrons. The van der Waals surface area contributed by atoms with Gasteiger partial charge in [0.1, 0.15) is 5.82 Å². The summed E-state index contributed by atoms with van der Waals surface area (Å²) in [7, 11) is 0. The highest BCUT2D eigenvalue weighted by Crippen LogP contribution is 2.47. The van der Waals surface area contributed by atoms with Crippen molar-refractivity contribution in [1.82, 2.24) is 5.32 Å². The quantitative estimate of drug-likeness (QED) is 0.757. The number of carbonyl (C=O) groups excluding carboxylic acids is 1. The smallest absolute Gasteiger partial charge is 0.251 e. The molecular formula is C21H18FNO. The van der Waals surface area contributed by atoms with E-state index in [2.05, 4.69) is 5.32 Å². The Morgan fingerprint density at radius 1 is 0.958 bits per heavy atom. The van der Waals surface area contributed by atoms with Crippen LogP contribution in [0.25, 0.3) is 10.8 Å². The second kappa shape index (κ2) is 5.75. The van der Waals surface area contributed by atoms with Crippen LogP contribution in [0.15, 0.2) is 66.7 Å². The van der Waals surface area contributed by atoms with Crippen LogP contribution in [-0.2, 0) is 5.41 Å². The summed E-state index contributed by atoms with van der Waals surface area (Å²) >= 11 is 0. The third-order valence-corrected chi connectivity index (χ3v) is 4.93. The van der Waals surface area contributed by atoms with Crippen LogP contribution in [-0.4, -0.2) is 12.5 Å². The first-order valence-electron chi connectivity index (χ1n) is 8.20. The number of hydrogen-bond acceptors (Lipinski definition) is 1. The molecule has 4 rings (SSSR count). The standard InChI is InChI=1S/C21H18FNO/c22-17-10-8-16(9-11-17)21(12-13-21)14-23-20(24)19-7-3-5-15-4-1-2-6-18(15)19/h1-11H,12-14H2,(H,23,24). The summed E-state index contributed by atoms with van der Waals surface area (Å²) in [6.45, 7) is 0.584. The number of carbonyl (C=O) groups is 1. The summed E-state index contributed by atoms with van der Waals surface area (Å²) in [4.78, 5) is 12.6. The molecule has 3 heteroatoms. The van der Waals surface area contributed by atoms with Gasteiger partial charge in [-0.1, -0.05) is 48.5 Å². The molecule has 1 N–H and O–H groups in total. The maximum atomic E-state index is 13.1. The van der Waals surface area contributed by atoms with Gasteiger partial charge in [-0.3, -0.25) is 4.79 Å². The van der Waals surface area contributed by atoms with Crippen molar-refractivity contribution in [2.24, 2.45) is 0 Å². The number of hydrogen-bond donors (Lipinski definition) is 1. The zero-order valence-electron chi connectivity index (χ0n) is 13.3. The van der Waals surface area contributed by atoms with Gasteiger partial charge < -0.3 is 5.32 Å². The zero-order valence-corrected chi connectivity index (χ0v) is 13.3. The van der Waals surface area contributed by atoms with E-state index >= 15 is 0 Å². The van der Waals surface area contributed by atoms with Crippen molar-refractivity contribution in [1.29, 1.82) is 0 Å². The van der Waals surface area contributed by atoms with Crippen molar-refractivity contribution in [3.05, 3.63) is 83.7 Å². The molecule has 0 bridgehead atoms. The number of rotatable bonds is 4. The van der Waals surface area contributed by atoms with E-state index in [-0.39, 0.29) is 17.1 Å². The molecule has 0 aliphatic heterocycles. The Morgan fingerprint density at radius 3 is 2.42 bits per heavy atom. The van der Waals surface area contributed by atoms with Gasteiger partial charge in [0, 0.05) is 17.5 Å². The predicted octanol–water partition coefficient (Wildman–Crippen LogP) is 4.44. The lowest BCUT2D eigenvalue weighted by atomic mass is 9.95. The molecular weight excluding hydrogens is 301 g/mol. The fourth-order valence-electron chi connectivity index (χ4n) is 3.29. The van der Waals surface area contributed by atoms with Crippen LogP contribution in [0.4, 0.5) is 4.39 Å². The summed E-state index contributed by atoms with van der Waals surface area (Å²) in [5, 5.41) is 5.10. The van der Waals surface area contributed by atoms with Gasteiger partial charge in [-0.25, -0.2) is 4.39 Å². The summed E-state index contributed by atoms with van der Waals surface area (Å²) < 4.78 is 13.1. The molecule has 1 aliphatic rings. The molecule has 0 spiro atoms. The van der Waals surface area contributed by atoms with E-state index in [1.165, 1.54) is 12.1 Å². The van der Waals surface area contributed by atoms with E-state index in [1.807, 2.05) is 54.6 Å². The third-order valence-electron chi connectivity index (χ3n) is 4.93. The number of benzene rings is 3. The first-order chi connectivity index (χ1) is 11.7. The van der Waals surface area contributed by atoms with Crippen LogP contribution < -0.4 is 5.32 Å². The molecule has 0 unspecified atom stereocenters. The predicted molar refractivity (Wildman–Crippen MR) is 93.6 cm³/mol. The molecule has 2 nitrogen and oxygen atoms in total. The number of fused-ring (bicyclic) bond motifs is 1. The Bertz CT molecular complexity index is 892. The summed E-state index contributed by atoms with van der Waals surface area (Å²) in [5.74, 6) is -0.283. The van der Waals surface area contributed by atoms with Gasteiger partial charge in [0.05, 0.1) is 0 Å². The summed E-state index contributed by atoms with van der Waals surface area (Å²) in [6, 6.07) is 20.3. The van der Waals surface area contributed by atoms with Crippen LogP contribution >= 0.6 is 0 Å². The molecule has 0 aromatic heterocycles. The minimum Gasteiger partial charge on any atom is -0.351 e. The largest absolute Gasteiger partial charge is 0.351 e. The van der Waals surface area contributed by atoms with Crippen LogP contribution in [0.1, 0.15) is 28.8 Å². The normalized spacial score (nSPS) is 15.2. The Kier molecular flexibility index (Phi) is 3.57. The monoisotopic (exact) mass is 319 g/mol. The summed E-state index contributed by atoms with van der Waals surface area (Å²) in [5.41, 5.74) is 1.76. The van der Waals surface area contributed by atoms with Crippen LogP contribution in [0.2, 0.25) is 0 Å². The lowest BCUT2D eigenvalue weighted by molar-refractivity contribution is 0.0951. The average molecular weight is 319 g/mol. The summed E-state index contributed by atoms with van der Waals surface area (Å²) in [6.07, 6.45) is 2.04. The first-order valence-corrected chi connectivity index (χ1v) is 8.20. The van der Waals surface area contributed by atoms with Crippen LogP contribution in [0.5, 0.6) is 0 Å². The van der Waals surface area contributed by atoms with E-state index < -0.39 is 0 Å². The van der Waals surface area contributed by atoms with Gasteiger partial charge in [-0.05, 0) is 47.4 Å². The Balaban J connectivity index is 1.53. The molecule has 1 aliphatic carbocycles. The first kappa shape index (κ1) is 14.9. The second-order valence-electron chi connectivity index (χ2n) is 6.50. The van der Waals surface area contributed by atoms with Gasteiger partial charge in [0.2, 0.25) is 0 Å². The highest BCUT2D eigenvalue weighted by atomic mass is 19.1. The highest BCUT2D eigenvalue weighted by molar-refractivity contribution is 6.07. The molecule has 0 atom stereocenters. The molecule has 1 amide bonds. The molecule has 3 aromatic carbocycles. The lowest BCUT2D eigenvalue weighted by Gasteiger charge is -2.17. The fraction of sp³-hybridized carbons (Fsp3) is 0.190. The third kappa shape index (κ3) is 2.67. The van der Waals surface area contributed by atoms with Gasteiger partial charge in [0.25, 0.3) is 5.91 Å². The Hall–Kier alpha value is -2.68. The molecule has 0 saturated heterocycles. The van der Waals surface area contributed by atoms with Crippen molar-refractivity contribution in [2.45, 2.75) is 18.3 Å². The van der Waals surface area contributed by atoms with Crippen LogP contribution in [0.3, 0.4) is 0 Å². The van der Waals surface area contributed by atoms with Crippen LogP contribution in [0, 0.1) is 5.82 Å². The molecule has 1 saturated carbocycles. The fourth-order valence-corrected chi connectivity index (χ4v) is 3.29. The highest BCUT2D eigenvalue weighted by Gasteiger charge is 2.44. The Labute approximate surface area is 140 Å².